The Kier molecular flexibility index (Phi) is 4.22. The molecule has 110 valence electrons. The van der Waals surface area contributed by atoms with Crippen molar-refractivity contribution in [3.8, 4) is 0 Å². The Hall–Kier alpha value is -0.740. The molecule has 0 bridgehead atoms. The normalized spacial score (nSPS) is 21.4. The summed E-state index contributed by atoms with van der Waals surface area (Å²) in [6.45, 7) is 2.80. The fourth-order valence-corrected chi connectivity index (χ4v) is 4.00. The minimum Gasteiger partial charge on any atom is -0.367 e. The number of H-pyrrole nitrogens is 1. The van der Waals surface area contributed by atoms with Crippen molar-refractivity contribution in [1.82, 2.24) is 9.97 Å². The second-order valence-corrected chi connectivity index (χ2v) is 6.43. The highest BCUT2D eigenvalue weighted by Crippen LogP contribution is 2.41. The van der Waals surface area contributed by atoms with E-state index in [0.29, 0.717) is 0 Å². The molecule has 1 heterocycles. The van der Waals surface area contributed by atoms with Crippen LogP contribution in [-0.4, -0.2) is 16.6 Å². The van der Waals surface area contributed by atoms with Crippen molar-refractivity contribution >= 4 is 12.2 Å². The maximum absolute atomic E-state index is 6.11. The Labute approximate surface area is 126 Å². The number of fused-ring (bicyclic) bond motifs is 1. The molecule has 0 amide bonds. The number of ether oxygens (including phenoxy) is 1. The van der Waals surface area contributed by atoms with Gasteiger partial charge in [0.15, 0.2) is 0 Å². The topological polar surface area (TPSA) is 37.9 Å². The van der Waals surface area contributed by atoms with Crippen LogP contribution in [0.3, 0.4) is 0 Å². The van der Waals surface area contributed by atoms with Crippen LogP contribution in [0.4, 0.5) is 0 Å². The molecule has 0 aromatic carbocycles. The van der Waals surface area contributed by atoms with Crippen LogP contribution in [-0.2, 0) is 23.2 Å². The van der Waals surface area contributed by atoms with Gasteiger partial charge in [-0.25, -0.2) is 4.98 Å². The summed E-state index contributed by atoms with van der Waals surface area (Å²) < 4.78 is 6.92. The van der Waals surface area contributed by atoms with E-state index >= 15 is 0 Å². The number of nitrogens with one attached hydrogen (secondary N) is 1. The summed E-state index contributed by atoms with van der Waals surface area (Å²) in [6.07, 6.45) is 10.6. The lowest BCUT2D eigenvalue weighted by atomic mass is 10.00. The zero-order valence-electron chi connectivity index (χ0n) is 12.3. The Morgan fingerprint density at radius 3 is 2.65 bits per heavy atom. The van der Waals surface area contributed by atoms with Gasteiger partial charge in [-0.2, -0.15) is 0 Å². The lowest BCUT2D eigenvalue weighted by Gasteiger charge is -2.28. The Morgan fingerprint density at radius 2 is 1.90 bits per heavy atom. The van der Waals surface area contributed by atoms with Gasteiger partial charge in [0.2, 0.25) is 0 Å². The molecule has 0 saturated heterocycles. The average molecular weight is 292 g/mol. The maximum atomic E-state index is 6.11. The molecule has 0 unspecified atom stereocenters. The molecule has 20 heavy (non-hydrogen) atoms. The molecule has 1 aromatic rings. The van der Waals surface area contributed by atoms with Crippen LogP contribution in [0.15, 0.2) is 0 Å². The van der Waals surface area contributed by atoms with Crippen molar-refractivity contribution in [3.63, 3.8) is 0 Å². The van der Waals surface area contributed by atoms with Gasteiger partial charge in [0.05, 0.1) is 0 Å². The van der Waals surface area contributed by atoms with E-state index in [2.05, 4.69) is 11.9 Å². The summed E-state index contributed by atoms with van der Waals surface area (Å²) in [5, 5.41) is 0. The number of nitrogens with zero attached hydrogens (tertiary/aromatic N) is 1. The third-order valence-corrected chi connectivity index (χ3v) is 5.06. The summed E-state index contributed by atoms with van der Waals surface area (Å²) >= 11 is 5.57. The van der Waals surface area contributed by atoms with Crippen LogP contribution in [0.1, 0.15) is 69.0 Å². The predicted octanol–water partition coefficient (Wildman–Crippen LogP) is 4.21. The van der Waals surface area contributed by atoms with Gasteiger partial charge < -0.3 is 9.72 Å². The van der Waals surface area contributed by atoms with Crippen LogP contribution < -0.4 is 0 Å². The molecule has 4 heteroatoms. The fourth-order valence-electron chi connectivity index (χ4n) is 3.68. The van der Waals surface area contributed by atoms with Gasteiger partial charge in [0, 0.05) is 17.9 Å². The monoisotopic (exact) mass is 292 g/mol. The second-order valence-electron chi connectivity index (χ2n) is 6.04. The molecular formula is C16H24N2OS. The van der Waals surface area contributed by atoms with Gasteiger partial charge >= 0.3 is 0 Å². The number of hydrogen-bond acceptors (Lipinski definition) is 3. The summed E-state index contributed by atoms with van der Waals surface area (Å²) in [4.78, 5) is 8.35. The molecule has 1 fully saturated rings. The molecule has 0 atom stereocenters. The molecule has 3 nitrogen and oxygen atoms in total. The SMILES string of the molecule is CCOC1(c2nc(=S)c3c([nH]2)CCCCC3)CCCC1. The zero-order chi connectivity index (χ0) is 14.0. The molecule has 2 aliphatic carbocycles. The lowest BCUT2D eigenvalue weighted by Crippen LogP contribution is -2.29. The molecule has 3 rings (SSSR count). The molecule has 0 radical (unpaired) electrons. The Balaban J connectivity index is 2.03. The van der Waals surface area contributed by atoms with E-state index in [1.165, 1.54) is 43.4 Å². The third-order valence-electron chi connectivity index (χ3n) is 4.72. The summed E-state index contributed by atoms with van der Waals surface area (Å²) in [5.74, 6) is 0.988. The minimum atomic E-state index is -0.205. The maximum Gasteiger partial charge on any atom is 0.140 e. The first kappa shape index (κ1) is 14.2. The van der Waals surface area contributed by atoms with Crippen LogP contribution in [0.2, 0.25) is 0 Å². The number of hydrogen-bond donors (Lipinski definition) is 1. The first-order chi connectivity index (χ1) is 9.75. The molecular weight excluding hydrogens is 268 g/mol. The van der Waals surface area contributed by atoms with E-state index in [9.17, 15) is 0 Å². The van der Waals surface area contributed by atoms with Crippen molar-refractivity contribution in [2.75, 3.05) is 6.61 Å². The van der Waals surface area contributed by atoms with Crippen molar-refractivity contribution in [2.45, 2.75) is 70.3 Å². The second kappa shape index (κ2) is 5.94. The summed E-state index contributed by atoms with van der Waals surface area (Å²) in [6, 6.07) is 0. The van der Waals surface area contributed by atoms with E-state index in [4.69, 9.17) is 21.9 Å². The summed E-state index contributed by atoms with van der Waals surface area (Å²) in [7, 11) is 0. The van der Waals surface area contributed by atoms with E-state index in [1.54, 1.807) is 0 Å². The quantitative estimate of drug-likeness (QED) is 0.670. The van der Waals surface area contributed by atoms with E-state index < -0.39 is 0 Å². The molecule has 0 spiro atoms. The third kappa shape index (κ3) is 2.56. The van der Waals surface area contributed by atoms with Crippen LogP contribution >= 0.6 is 12.2 Å². The van der Waals surface area contributed by atoms with Crippen molar-refractivity contribution < 1.29 is 4.74 Å². The average Bonchev–Trinajstić information content (AvgIpc) is 2.78. The van der Waals surface area contributed by atoms with Crippen molar-refractivity contribution in [2.24, 2.45) is 0 Å². The number of rotatable bonds is 3. The van der Waals surface area contributed by atoms with Crippen LogP contribution in [0.5, 0.6) is 0 Å². The fraction of sp³-hybridized carbons (Fsp3) is 0.750. The van der Waals surface area contributed by atoms with Crippen molar-refractivity contribution in [3.05, 3.63) is 21.7 Å². The van der Waals surface area contributed by atoms with Gasteiger partial charge in [-0.1, -0.05) is 18.6 Å². The number of aromatic amines is 1. The largest absolute Gasteiger partial charge is 0.367 e. The predicted molar refractivity (Wildman–Crippen MR) is 82.5 cm³/mol. The Morgan fingerprint density at radius 1 is 1.15 bits per heavy atom. The van der Waals surface area contributed by atoms with Crippen molar-refractivity contribution in [1.29, 1.82) is 0 Å². The molecule has 1 saturated carbocycles. The van der Waals surface area contributed by atoms with E-state index in [-0.39, 0.29) is 5.60 Å². The van der Waals surface area contributed by atoms with Gasteiger partial charge in [-0.15, -0.1) is 0 Å². The molecule has 1 N–H and O–H groups in total. The number of aryl methyl sites for hydroxylation is 1. The Bertz CT molecular complexity index is 532. The summed E-state index contributed by atoms with van der Waals surface area (Å²) in [5.41, 5.74) is 2.40. The highest BCUT2D eigenvalue weighted by atomic mass is 32.1. The zero-order valence-corrected chi connectivity index (χ0v) is 13.2. The van der Waals surface area contributed by atoms with Crippen LogP contribution in [0.25, 0.3) is 0 Å². The van der Waals surface area contributed by atoms with E-state index in [0.717, 1.165) is 42.8 Å². The molecule has 1 aromatic heterocycles. The van der Waals surface area contributed by atoms with Gasteiger partial charge in [-0.05, 0) is 58.3 Å². The van der Waals surface area contributed by atoms with Gasteiger partial charge in [0.25, 0.3) is 0 Å². The van der Waals surface area contributed by atoms with Gasteiger partial charge in [0.1, 0.15) is 16.1 Å². The molecule has 2 aliphatic rings. The van der Waals surface area contributed by atoms with Gasteiger partial charge in [-0.3, -0.25) is 0 Å². The smallest absolute Gasteiger partial charge is 0.140 e. The number of aromatic nitrogens is 2. The highest BCUT2D eigenvalue weighted by Gasteiger charge is 2.39. The first-order valence-electron chi connectivity index (χ1n) is 8.02. The first-order valence-corrected chi connectivity index (χ1v) is 8.42. The minimum absolute atomic E-state index is 0.205. The highest BCUT2D eigenvalue weighted by molar-refractivity contribution is 7.71. The lowest BCUT2D eigenvalue weighted by molar-refractivity contribution is -0.0459. The standard InChI is InChI=1S/C16H24N2OS/c1-2-19-16(10-6-7-11-16)15-17-13-9-5-3-4-8-12(13)14(20)18-15/h2-11H2,1H3,(H,17,18,20). The van der Waals surface area contributed by atoms with E-state index in [1.807, 2.05) is 0 Å². The molecule has 0 aliphatic heterocycles. The van der Waals surface area contributed by atoms with Crippen LogP contribution in [0, 0.1) is 4.64 Å².